The summed E-state index contributed by atoms with van der Waals surface area (Å²) in [6.45, 7) is 3.88. The maximum Gasteiger partial charge on any atom is 0.290 e. The minimum Gasteiger partial charge on any atom is -0.298 e. The molecule has 0 saturated heterocycles. The molecular formula is C10H11FN2. The van der Waals surface area contributed by atoms with E-state index in [-0.39, 0.29) is 6.04 Å². The van der Waals surface area contributed by atoms with Crippen molar-refractivity contribution in [3.63, 3.8) is 0 Å². The standard InChI is InChI=1S/C10H11FN2/c1-7(2)13-9-6-4-3-5-8(9)12-10(13)11/h3-7H,1-2H3. The predicted octanol–water partition coefficient (Wildman–Crippen LogP) is 2.76. The van der Waals surface area contributed by atoms with Gasteiger partial charge in [-0.1, -0.05) is 12.1 Å². The highest BCUT2D eigenvalue weighted by atomic mass is 19.1. The summed E-state index contributed by atoms with van der Waals surface area (Å²) in [5.41, 5.74) is 1.57. The molecule has 0 atom stereocenters. The Kier molecular flexibility index (Phi) is 1.79. The monoisotopic (exact) mass is 178 g/mol. The fourth-order valence-electron chi connectivity index (χ4n) is 1.51. The van der Waals surface area contributed by atoms with Gasteiger partial charge in [-0.05, 0) is 26.0 Å². The number of nitrogens with zero attached hydrogens (tertiary/aromatic N) is 2. The van der Waals surface area contributed by atoms with E-state index < -0.39 is 6.08 Å². The van der Waals surface area contributed by atoms with E-state index in [0.29, 0.717) is 5.52 Å². The van der Waals surface area contributed by atoms with Crippen LogP contribution in [0.2, 0.25) is 0 Å². The van der Waals surface area contributed by atoms with Gasteiger partial charge in [-0.3, -0.25) is 4.57 Å². The Hall–Kier alpha value is -1.38. The van der Waals surface area contributed by atoms with Crippen LogP contribution in [0.5, 0.6) is 0 Å². The van der Waals surface area contributed by atoms with Crippen molar-refractivity contribution in [2.45, 2.75) is 19.9 Å². The average Bonchev–Trinajstić information content (AvgIpc) is 2.39. The van der Waals surface area contributed by atoms with Gasteiger partial charge in [0, 0.05) is 6.04 Å². The number of imidazole rings is 1. The molecule has 1 heterocycles. The van der Waals surface area contributed by atoms with Crippen LogP contribution < -0.4 is 0 Å². The number of fused-ring (bicyclic) bond motifs is 1. The maximum absolute atomic E-state index is 13.3. The maximum atomic E-state index is 13.3. The van der Waals surface area contributed by atoms with Crippen LogP contribution in [0.1, 0.15) is 19.9 Å². The first kappa shape index (κ1) is 8.23. The van der Waals surface area contributed by atoms with Crippen LogP contribution >= 0.6 is 0 Å². The molecular weight excluding hydrogens is 167 g/mol. The SMILES string of the molecule is CC(C)n1c(F)nc2ccccc21. The molecule has 0 aliphatic rings. The van der Waals surface area contributed by atoms with Gasteiger partial charge < -0.3 is 0 Å². The molecule has 0 aliphatic heterocycles. The molecule has 2 rings (SSSR count). The molecule has 13 heavy (non-hydrogen) atoms. The van der Waals surface area contributed by atoms with Crippen LogP contribution in [0, 0.1) is 6.08 Å². The van der Waals surface area contributed by atoms with E-state index in [1.54, 1.807) is 4.57 Å². The zero-order valence-corrected chi connectivity index (χ0v) is 7.66. The molecule has 0 N–H and O–H groups in total. The van der Waals surface area contributed by atoms with E-state index in [2.05, 4.69) is 4.98 Å². The smallest absolute Gasteiger partial charge is 0.290 e. The molecule has 68 valence electrons. The molecule has 0 unspecified atom stereocenters. The lowest BCUT2D eigenvalue weighted by Crippen LogP contribution is -2.03. The lowest BCUT2D eigenvalue weighted by atomic mass is 10.3. The zero-order valence-electron chi connectivity index (χ0n) is 7.66. The van der Waals surface area contributed by atoms with Crippen LogP contribution in [0.4, 0.5) is 4.39 Å². The molecule has 0 fully saturated rings. The summed E-state index contributed by atoms with van der Waals surface area (Å²) < 4.78 is 14.9. The van der Waals surface area contributed by atoms with Crippen LogP contribution in [0.25, 0.3) is 11.0 Å². The number of hydrogen-bond donors (Lipinski definition) is 0. The average molecular weight is 178 g/mol. The molecule has 2 nitrogen and oxygen atoms in total. The lowest BCUT2D eigenvalue weighted by molar-refractivity contribution is 0.444. The lowest BCUT2D eigenvalue weighted by Gasteiger charge is -2.07. The van der Waals surface area contributed by atoms with Gasteiger partial charge in [0.25, 0.3) is 6.08 Å². The second-order valence-electron chi connectivity index (χ2n) is 3.33. The first-order valence-corrected chi connectivity index (χ1v) is 4.32. The van der Waals surface area contributed by atoms with Crippen molar-refractivity contribution >= 4 is 11.0 Å². The minimum absolute atomic E-state index is 0.104. The van der Waals surface area contributed by atoms with Gasteiger partial charge in [-0.25, -0.2) is 4.98 Å². The molecule has 0 aliphatic carbocycles. The van der Waals surface area contributed by atoms with Crippen molar-refractivity contribution in [2.75, 3.05) is 0 Å². The molecule has 0 radical (unpaired) electrons. The molecule has 0 bridgehead atoms. The van der Waals surface area contributed by atoms with Gasteiger partial charge in [0.15, 0.2) is 0 Å². The third-order valence-electron chi connectivity index (χ3n) is 2.07. The van der Waals surface area contributed by atoms with Crippen molar-refractivity contribution in [2.24, 2.45) is 0 Å². The second kappa shape index (κ2) is 2.83. The highest BCUT2D eigenvalue weighted by Gasteiger charge is 2.11. The van der Waals surface area contributed by atoms with E-state index in [9.17, 15) is 4.39 Å². The Morgan fingerprint density at radius 3 is 2.69 bits per heavy atom. The summed E-state index contributed by atoms with van der Waals surface area (Å²) >= 11 is 0. The molecule has 1 aromatic carbocycles. The highest BCUT2D eigenvalue weighted by molar-refractivity contribution is 5.75. The Labute approximate surface area is 76.0 Å². The van der Waals surface area contributed by atoms with Crippen molar-refractivity contribution < 1.29 is 4.39 Å². The van der Waals surface area contributed by atoms with Crippen molar-refractivity contribution in [3.8, 4) is 0 Å². The van der Waals surface area contributed by atoms with Gasteiger partial charge in [-0.2, -0.15) is 4.39 Å². The van der Waals surface area contributed by atoms with E-state index in [1.807, 2.05) is 38.1 Å². The van der Waals surface area contributed by atoms with Crippen molar-refractivity contribution in [1.29, 1.82) is 0 Å². The first-order valence-electron chi connectivity index (χ1n) is 4.32. The molecule has 1 aromatic heterocycles. The molecule has 3 heteroatoms. The van der Waals surface area contributed by atoms with E-state index in [1.165, 1.54) is 0 Å². The van der Waals surface area contributed by atoms with E-state index >= 15 is 0 Å². The number of benzene rings is 1. The Morgan fingerprint density at radius 1 is 1.31 bits per heavy atom. The number of para-hydroxylation sites is 2. The first-order chi connectivity index (χ1) is 6.20. The van der Waals surface area contributed by atoms with Crippen molar-refractivity contribution in [1.82, 2.24) is 9.55 Å². The third kappa shape index (κ3) is 1.20. The fraction of sp³-hybridized carbons (Fsp3) is 0.300. The Bertz CT molecular complexity index is 431. The predicted molar refractivity (Wildman–Crippen MR) is 50.1 cm³/mol. The largest absolute Gasteiger partial charge is 0.298 e. The number of halogens is 1. The van der Waals surface area contributed by atoms with E-state index in [4.69, 9.17) is 0 Å². The van der Waals surface area contributed by atoms with Gasteiger partial charge in [0.05, 0.1) is 11.0 Å². The second-order valence-corrected chi connectivity index (χ2v) is 3.33. The van der Waals surface area contributed by atoms with Gasteiger partial charge in [0.1, 0.15) is 0 Å². The van der Waals surface area contributed by atoms with Crippen LogP contribution in [0.3, 0.4) is 0 Å². The number of aromatic nitrogens is 2. The Morgan fingerprint density at radius 2 is 2.00 bits per heavy atom. The summed E-state index contributed by atoms with van der Waals surface area (Å²) in [5, 5.41) is 0. The zero-order chi connectivity index (χ0) is 9.42. The topological polar surface area (TPSA) is 17.8 Å². The van der Waals surface area contributed by atoms with Gasteiger partial charge in [0.2, 0.25) is 0 Å². The number of hydrogen-bond acceptors (Lipinski definition) is 1. The summed E-state index contributed by atoms with van der Waals surface area (Å²) in [6, 6.07) is 7.55. The molecule has 0 spiro atoms. The van der Waals surface area contributed by atoms with Gasteiger partial charge in [-0.15, -0.1) is 0 Å². The van der Waals surface area contributed by atoms with Crippen molar-refractivity contribution in [3.05, 3.63) is 30.3 Å². The molecule has 0 saturated carbocycles. The fourth-order valence-corrected chi connectivity index (χ4v) is 1.51. The highest BCUT2D eigenvalue weighted by Crippen LogP contribution is 2.19. The number of rotatable bonds is 1. The van der Waals surface area contributed by atoms with Gasteiger partial charge >= 0.3 is 0 Å². The summed E-state index contributed by atoms with van der Waals surface area (Å²) in [7, 11) is 0. The quantitative estimate of drug-likeness (QED) is 0.656. The van der Waals surface area contributed by atoms with Crippen LogP contribution in [-0.2, 0) is 0 Å². The normalized spacial score (nSPS) is 11.4. The summed E-state index contributed by atoms with van der Waals surface area (Å²) in [5.74, 6) is 0. The van der Waals surface area contributed by atoms with Crippen LogP contribution in [-0.4, -0.2) is 9.55 Å². The summed E-state index contributed by atoms with van der Waals surface area (Å²) in [4.78, 5) is 3.83. The molecule has 0 amide bonds. The summed E-state index contributed by atoms with van der Waals surface area (Å²) in [6.07, 6.45) is -0.406. The Balaban J connectivity index is 2.78. The molecule has 2 aromatic rings. The van der Waals surface area contributed by atoms with E-state index in [0.717, 1.165) is 5.52 Å². The van der Waals surface area contributed by atoms with Crippen LogP contribution in [0.15, 0.2) is 24.3 Å². The third-order valence-corrected chi connectivity index (χ3v) is 2.07. The minimum atomic E-state index is -0.406.